The highest BCUT2D eigenvalue weighted by Crippen LogP contribution is 2.34. The van der Waals surface area contributed by atoms with Gasteiger partial charge in [0.25, 0.3) is 5.91 Å². The molecule has 0 bridgehead atoms. The Hall–Kier alpha value is -3.01. The number of amides is 1. The number of benzene rings is 2. The van der Waals surface area contributed by atoms with E-state index in [2.05, 4.69) is 10.4 Å². The summed E-state index contributed by atoms with van der Waals surface area (Å²) in [5.41, 5.74) is -2.54. The first-order chi connectivity index (χ1) is 14.0. The number of nitrogens with one attached hydrogen (secondary N) is 1. The van der Waals surface area contributed by atoms with Crippen molar-refractivity contribution in [2.24, 2.45) is 0 Å². The van der Waals surface area contributed by atoms with Gasteiger partial charge in [-0.1, -0.05) is 23.7 Å². The van der Waals surface area contributed by atoms with Gasteiger partial charge in [0.15, 0.2) is 5.69 Å². The molecule has 0 saturated carbocycles. The third-order valence-electron chi connectivity index (χ3n) is 4.09. The van der Waals surface area contributed by atoms with Crippen LogP contribution in [0.2, 0.25) is 5.02 Å². The molecule has 0 aliphatic carbocycles. The molecule has 0 atom stereocenters. The van der Waals surface area contributed by atoms with Gasteiger partial charge >= 0.3 is 12.4 Å². The van der Waals surface area contributed by atoms with E-state index in [1.807, 2.05) is 0 Å². The van der Waals surface area contributed by atoms with Crippen LogP contribution in [0.1, 0.15) is 27.2 Å². The van der Waals surface area contributed by atoms with Crippen LogP contribution in [-0.2, 0) is 18.9 Å². The topological polar surface area (TPSA) is 46.9 Å². The highest BCUT2D eigenvalue weighted by Gasteiger charge is 2.40. The third kappa shape index (κ3) is 4.76. The van der Waals surface area contributed by atoms with Crippen molar-refractivity contribution in [1.82, 2.24) is 15.1 Å². The van der Waals surface area contributed by atoms with Crippen molar-refractivity contribution in [3.63, 3.8) is 0 Å². The highest BCUT2D eigenvalue weighted by atomic mass is 35.5. The maximum Gasteiger partial charge on any atom is 0.434 e. The molecule has 3 aromatic rings. The summed E-state index contributed by atoms with van der Waals surface area (Å²) in [6.07, 6.45) is -8.63. The predicted molar refractivity (Wildman–Crippen MR) is 96.2 cm³/mol. The van der Waals surface area contributed by atoms with Crippen LogP contribution in [0.5, 0.6) is 0 Å². The van der Waals surface area contributed by atoms with Gasteiger partial charge in [0.05, 0.1) is 23.0 Å². The van der Waals surface area contributed by atoms with Crippen molar-refractivity contribution in [1.29, 1.82) is 0 Å². The molecule has 4 nitrogen and oxygen atoms in total. The fraction of sp³-hybridized carbons (Fsp3) is 0.158. The van der Waals surface area contributed by atoms with Gasteiger partial charge in [0.2, 0.25) is 0 Å². The van der Waals surface area contributed by atoms with Crippen molar-refractivity contribution in [2.75, 3.05) is 0 Å². The molecule has 0 aliphatic heterocycles. The van der Waals surface area contributed by atoms with Crippen molar-refractivity contribution >= 4 is 17.5 Å². The average Bonchev–Trinajstić information content (AvgIpc) is 3.12. The second-order valence-corrected chi connectivity index (χ2v) is 6.61. The summed E-state index contributed by atoms with van der Waals surface area (Å²) in [5, 5.41) is 6.24. The predicted octanol–water partition coefficient (Wildman–Crippen LogP) is 5.49. The molecule has 158 valence electrons. The van der Waals surface area contributed by atoms with Crippen LogP contribution in [0.3, 0.4) is 0 Å². The van der Waals surface area contributed by atoms with Crippen molar-refractivity contribution in [2.45, 2.75) is 18.9 Å². The molecular weight excluding hydrogens is 436 g/mol. The Morgan fingerprint density at radius 1 is 0.933 bits per heavy atom. The van der Waals surface area contributed by atoms with E-state index in [1.54, 1.807) is 0 Å². The number of halogens is 7. The van der Waals surface area contributed by atoms with E-state index in [-0.39, 0.29) is 17.8 Å². The molecule has 30 heavy (non-hydrogen) atoms. The van der Waals surface area contributed by atoms with Gasteiger partial charge < -0.3 is 5.32 Å². The number of aromatic nitrogens is 2. The summed E-state index contributed by atoms with van der Waals surface area (Å²) in [6.45, 7) is -0.263. The number of nitrogens with zero attached hydrogens (tertiary/aromatic N) is 2. The summed E-state index contributed by atoms with van der Waals surface area (Å²) in [5.74, 6) is -1.07. The molecule has 0 aliphatic rings. The van der Waals surface area contributed by atoms with Crippen molar-refractivity contribution in [3.8, 4) is 5.69 Å². The lowest BCUT2D eigenvalue weighted by molar-refractivity contribution is -0.143. The van der Waals surface area contributed by atoms with E-state index in [0.29, 0.717) is 9.70 Å². The number of carbonyl (C=O) groups excluding carboxylic acids is 1. The molecule has 0 radical (unpaired) electrons. The Morgan fingerprint density at radius 3 is 2.07 bits per heavy atom. The van der Waals surface area contributed by atoms with E-state index in [9.17, 15) is 31.1 Å². The van der Waals surface area contributed by atoms with Crippen LogP contribution in [0, 0.1) is 0 Å². The lowest BCUT2D eigenvalue weighted by atomic mass is 10.1. The SMILES string of the molecule is O=C(NCc1ccc(C(F)(F)F)cc1)c1cnn(-c2ccc(Cl)cc2)c1C(F)(F)F. The molecule has 0 saturated heterocycles. The summed E-state index contributed by atoms with van der Waals surface area (Å²) in [6, 6.07) is 9.29. The van der Waals surface area contributed by atoms with E-state index in [4.69, 9.17) is 11.6 Å². The second-order valence-electron chi connectivity index (χ2n) is 6.17. The first-order valence-corrected chi connectivity index (χ1v) is 8.70. The van der Waals surface area contributed by atoms with Gasteiger partial charge in [0.1, 0.15) is 0 Å². The quantitative estimate of drug-likeness (QED) is 0.537. The molecule has 3 rings (SSSR count). The molecule has 1 heterocycles. The Morgan fingerprint density at radius 2 is 1.53 bits per heavy atom. The number of alkyl halides is 6. The lowest BCUT2D eigenvalue weighted by Gasteiger charge is -2.13. The number of hydrogen-bond donors (Lipinski definition) is 1. The molecule has 11 heteroatoms. The van der Waals surface area contributed by atoms with Crippen molar-refractivity contribution in [3.05, 3.63) is 82.1 Å². The Balaban J connectivity index is 1.83. The first-order valence-electron chi connectivity index (χ1n) is 8.32. The van der Waals surface area contributed by atoms with Crippen LogP contribution in [-0.4, -0.2) is 15.7 Å². The highest BCUT2D eigenvalue weighted by molar-refractivity contribution is 6.30. The van der Waals surface area contributed by atoms with Crippen LogP contribution >= 0.6 is 11.6 Å². The molecule has 0 spiro atoms. The second kappa shape index (κ2) is 8.02. The Labute approximate surface area is 171 Å². The Kier molecular flexibility index (Phi) is 5.80. The monoisotopic (exact) mass is 447 g/mol. The minimum atomic E-state index is -4.89. The standard InChI is InChI=1S/C19H12ClF6N3O/c20-13-5-7-14(8-6-13)29-16(19(24,25)26)15(10-28-29)17(30)27-9-11-1-3-12(4-2-11)18(21,22)23/h1-8,10H,9H2,(H,27,30). The van der Waals surface area contributed by atoms with E-state index in [0.717, 1.165) is 30.5 Å². The summed E-state index contributed by atoms with van der Waals surface area (Å²) < 4.78 is 79.2. The maximum absolute atomic E-state index is 13.6. The van der Waals surface area contributed by atoms with E-state index in [1.165, 1.54) is 24.3 Å². The van der Waals surface area contributed by atoms with Crippen molar-refractivity contribution < 1.29 is 31.1 Å². The van der Waals surface area contributed by atoms with Gasteiger partial charge in [-0.3, -0.25) is 4.79 Å². The van der Waals surface area contributed by atoms with E-state index < -0.39 is 35.1 Å². The number of rotatable bonds is 4. The minimum Gasteiger partial charge on any atom is -0.348 e. The first kappa shape index (κ1) is 21.7. The summed E-state index contributed by atoms with van der Waals surface area (Å²) >= 11 is 5.74. The fourth-order valence-corrected chi connectivity index (χ4v) is 2.78. The minimum absolute atomic E-state index is 0.0496. The average molecular weight is 448 g/mol. The summed E-state index contributed by atoms with van der Waals surface area (Å²) in [7, 11) is 0. The fourth-order valence-electron chi connectivity index (χ4n) is 2.65. The van der Waals surface area contributed by atoms with Gasteiger partial charge in [0, 0.05) is 11.6 Å². The Bertz CT molecular complexity index is 1040. The zero-order chi connectivity index (χ0) is 22.1. The van der Waals surface area contributed by atoms with Crippen LogP contribution in [0.15, 0.2) is 54.7 Å². The summed E-state index contributed by atoms with van der Waals surface area (Å²) in [4.78, 5) is 12.3. The van der Waals surface area contributed by atoms with Crippen LogP contribution in [0.25, 0.3) is 5.69 Å². The van der Waals surface area contributed by atoms with Gasteiger partial charge in [-0.2, -0.15) is 31.4 Å². The number of carbonyl (C=O) groups is 1. The maximum atomic E-state index is 13.6. The molecule has 1 aromatic heterocycles. The molecule has 1 amide bonds. The molecule has 2 aromatic carbocycles. The van der Waals surface area contributed by atoms with E-state index >= 15 is 0 Å². The van der Waals surface area contributed by atoms with Gasteiger partial charge in [-0.05, 0) is 42.0 Å². The normalized spacial score (nSPS) is 12.1. The lowest BCUT2D eigenvalue weighted by Crippen LogP contribution is -2.26. The molecule has 0 fully saturated rings. The zero-order valence-corrected chi connectivity index (χ0v) is 15.6. The molecule has 1 N–H and O–H groups in total. The number of hydrogen-bond acceptors (Lipinski definition) is 2. The van der Waals surface area contributed by atoms with Gasteiger partial charge in [-0.15, -0.1) is 0 Å². The largest absolute Gasteiger partial charge is 0.434 e. The van der Waals surface area contributed by atoms with Crippen LogP contribution < -0.4 is 5.32 Å². The molecule has 0 unspecified atom stereocenters. The smallest absolute Gasteiger partial charge is 0.348 e. The van der Waals surface area contributed by atoms with Crippen LogP contribution in [0.4, 0.5) is 26.3 Å². The molecular formula is C19H12ClF6N3O. The third-order valence-corrected chi connectivity index (χ3v) is 4.34. The zero-order valence-electron chi connectivity index (χ0n) is 14.9. The van der Waals surface area contributed by atoms with Gasteiger partial charge in [-0.25, -0.2) is 4.68 Å².